The van der Waals surface area contributed by atoms with Crippen LogP contribution in [0.25, 0.3) is 0 Å². The average Bonchev–Trinajstić information content (AvgIpc) is 2.61. The molecular formula is C21H36N2O2. The smallest absolute Gasteiger partial charge is 0.220 e. The molecular weight excluding hydrogens is 312 g/mol. The lowest BCUT2D eigenvalue weighted by Gasteiger charge is -2.57. The number of carbonyl (C=O) groups is 1. The van der Waals surface area contributed by atoms with Gasteiger partial charge in [-0.15, -0.1) is 0 Å². The van der Waals surface area contributed by atoms with Gasteiger partial charge in [0.25, 0.3) is 0 Å². The molecule has 4 heteroatoms. The van der Waals surface area contributed by atoms with Gasteiger partial charge in [-0.2, -0.15) is 0 Å². The first-order chi connectivity index (χ1) is 12.0. The summed E-state index contributed by atoms with van der Waals surface area (Å²) in [6.07, 6.45) is 9.45. The Bertz CT molecular complexity index is 492. The van der Waals surface area contributed by atoms with Gasteiger partial charge in [0, 0.05) is 26.6 Å². The van der Waals surface area contributed by atoms with E-state index in [1.165, 1.54) is 45.3 Å². The van der Waals surface area contributed by atoms with Crippen LogP contribution in [0.15, 0.2) is 11.6 Å². The second-order valence-electron chi connectivity index (χ2n) is 8.92. The van der Waals surface area contributed by atoms with E-state index in [0.29, 0.717) is 30.9 Å². The topological polar surface area (TPSA) is 41.6 Å². The van der Waals surface area contributed by atoms with E-state index in [2.05, 4.69) is 30.1 Å². The number of likely N-dealkylation sites (tertiary alicyclic amines) is 1. The van der Waals surface area contributed by atoms with Gasteiger partial charge in [-0.1, -0.05) is 25.5 Å². The maximum absolute atomic E-state index is 11.8. The summed E-state index contributed by atoms with van der Waals surface area (Å²) < 4.78 is 4.96. The van der Waals surface area contributed by atoms with Crippen LogP contribution in [0, 0.1) is 23.2 Å². The molecule has 142 valence electrons. The maximum Gasteiger partial charge on any atom is 0.220 e. The second kappa shape index (κ2) is 8.22. The molecule has 4 nitrogen and oxygen atoms in total. The molecule has 2 fully saturated rings. The molecule has 0 aromatic heterocycles. The Balaban J connectivity index is 1.34. The molecule has 1 N–H and O–H groups in total. The van der Waals surface area contributed by atoms with Crippen molar-refractivity contribution >= 4 is 5.91 Å². The van der Waals surface area contributed by atoms with Gasteiger partial charge in [0.05, 0.1) is 6.61 Å². The third-order valence-electron chi connectivity index (χ3n) is 7.10. The average molecular weight is 349 g/mol. The maximum atomic E-state index is 11.8. The number of hydrogen-bond donors (Lipinski definition) is 1. The van der Waals surface area contributed by atoms with E-state index in [1.54, 1.807) is 12.7 Å². The van der Waals surface area contributed by atoms with E-state index in [1.807, 2.05) is 0 Å². The normalized spacial score (nSPS) is 29.0. The lowest BCUT2D eigenvalue weighted by Crippen LogP contribution is -2.50. The number of hydrogen-bond acceptors (Lipinski definition) is 3. The molecule has 0 spiro atoms. The summed E-state index contributed by atoms with van der Waals surface area (Å²) in [5, 5.41) is 2.92. The highest BCUT2D eigenvalue weighted by atomic mass is 16.5. The van der Waals surface area contributed by atoms with Crippen molar-refractivity contribution in [1.29, 1.82) is 0 Å². The molecule has 4 aliphatic rings. The van der Waals surface area contributed by atoms with Crippen LogP contribution in [0.1, 0.15) is 52.4 Å². The highest BCUT2D eigenvalue weighted by Crippen LogP contribution is 2.59. The predicted octanol–water partition coefficient (Wildman–Crippen LogP) is 3.23. The minimum Gasteiger partial charge on any atom is -0.383 e. The van der Waals surface area contributed by atoms with Crippen LogP contribution < -0.4 is 5.32 Å². The largest absolute Gasteiger partial charge is 0.383 e. The number of fused-ring (bicyclic) bond motifs is 1. The van der Waals surface area contributed by atoms with Gasteiger partial charge in [0.15, 0.2) is 0 Å². The standard InChI is InChI=1S/C21H36N2O2/c1-21(2)18-6-5-17(19(21)14-18)15-23-11-8-16(9-12-23)4-7-20(24)22-10-13-25-3/h5,16,18-19H,4,6-15H2,1-3H3,(H,22,24)/t18-,19-/m0/s1. The highest BCUT2D eigenvalue weighted by Gasteiger charge is 2.51. The fraction of sp³-hybridized carbons (Fsp3) is 0.857. The van der Waals surface area contributed by atoms with E-state index in [0.717, 1.165) is 18.3 Å². The zero-order chi connectivity index (χ0) is 17.9. The van der Waals surface area contributed by atoms with Gasteiger partial charge in [-0.05, 0) is 68.4 Å². The number of amides is 1. The van der Waals surface area contributed by atoms with E-state index in [-0.39, 0.29) is 5.91 Å². The number of piperidine rings is 1. The fourth-order valence-corrected chi connectivity index (χ4v) is 5.06. The number of nitrogens with zero attached hydrogens (tertiary/aromatic N) is 1. The minimum atomic E-state index is 0.175. The Morgan fingerprint density at radius 3 is 2.76 bits per heavy atom. The van der Waals surface area contributed by atoms with Crippen LogP contribution >= 0.6 is 0 Å². The lowest BCUT2D eigenvalue weighted by atomic mass is 9.49. The van der Waals surface area contributed by atoms with Crippen molar-refractivity contribution < 1.29 is 9.53 Å². The first-order valence-corrected chi connectivity index (χ1v) is 10.2. The molecule has 2 atom stereocenters. The Kier molecular flexibility index (Phi) is 6.21. The van der Waals surface area contributed by atoms with Crippen molar-refractivity contribution in [3.8, 4) is 0 Å². The second-order valence-corrected chi connectivity index (χ2v) is 8.92. The van der Waals surface area contributed by atoms with Crippen LogP contribution in [-0.2, 0) is 9.53 Å². The molecule has 25 heavy (non-hydrogen) atoms. The van der Waals surface area contributed by atoms with Crippen molar-refractivity contribution in [2.24, 2.45) is 23.2 Å². The zero-order valence-electron chi connectivity index (χ0n) is 16.4. The summed E-state index contributed by atoms with van der Waals surface area (Å²) in [6.45, 7) is 9.73. The van der Waals surface area contributed by atoms with Crippen molar-refractivity contribution in [2.75, 3.05) is 39.9 Å². The van der Waals surface area contributed by atoms with Crippen LogP contribution in [-0.4, -0.2) is 50.7 Å². The third-order valence-corrected chi connectivity index (χ3v) is 7.10. The summed E-state index contributed by atoms with van der Waals surface area (Å²) in [4.78, 5) is 14.5. The molecule has 0 aromatic rings. The first-order valence-electron chi connectivity index (χ1n) is 10.2. The molecule has 0 radical (unpaired) electrons. The first kappa shape index (κ1) is 18.9. The molecule has 1 heterocycles. The van der Waals surface area contributed by atoms with Crippen LogP contribution in [0.2, 0.25) is 0 Å². The molecule has 2 bridgehead atoms. The molecule has 0 aromatic carbocycles. The lowest BCUT2D eigenvalue weighted by molar-refractivity contribution is -0.121. The van der Waals surface area contributed by atoms with Crippen molar-refractivity contribution in [3.05, 3.63) is 11.6 Å². The molecule has 1 saturated heterocycles. The van der Waals surface area contributed by atoms with Gasteiger partial charge in [0.2, 0.25) is 5.91 Å². The number of methoxy groups -OCH3 is 1. The van der Waals surface area contributed by atoms with Crippen LogP contribution in [0.5, 0.6) is 0 Å². The van der Waals surface area contributed by atoms with Crippen LogP contribution in [0.3, 0.4) is 0 Å². The molecule has 3 aliphatic carbocycles. The summed E-state index contributed by atoms with van der Waals surface area (Å²) in [6, 6.07) is 0. The molecule has 1 saturated carbocycles. The van der Waals surface area contributed by atoms with E-state index in [4.69, 9.17) is 4.74 Å². The Hall–Kier alpha value is -0.870. The van der Waals surface area contributed by atoms with E-state index >= 15 is 0 Å². The Morgan fingerprint density at radius 2 is 2.12 bits per heavy atom. The molecule has 4 rings (SSSR count). The number of allylic oxidation sites excluding steroid dienone is 1. The Morgan fingerprint density at radius 1 is 1.36 bits per heavy atom. The van der Waals surface area contributed by atoms with Crippen molar-refractivity contribution in [2.45, 2.75) is 52.4 Å². The number of rotatable bonds is 8. The summed E-state index contributed by atoms with van der Waals surface area (Å²) >= 11 is 0. The van der Waals surface area contributed by atoms with Crippen molar-refractivity contribution in [1.82, 2.24) is 10.2 Å². The van der Waals surface area contributed by atoms with Gasteiger partial charge < -0.3 is 10.1 Å². The van der Waals surface area contributed by atoms with Crippen LogP contribution in [0.4, 0.5) is 0 Å². The van der Waals surface area contributed by atoms with Gasteiger partial charge in [-0.3, -0.25) is 9.69 Å². The molecule has 1 amide bonds. The van der Waals surface area contributed by atoms with E-state index < -0.39 is 0 Å². The number of ether oxygens (including phenoxy) is 1. The summed E-state index contributed by atoms with van der Waals surface area (Å²) in [5.74, 6) is 2.66. The molecule has 1 aliphatic heterocycles. The minimum absolute atomic E-state index is 0.175. The SMILES string of the molecule is COCCNC(=O)CCC1CCN(CC2=CC[C@H]3C[C@@H]2C3(C)C)CC1. The quantitative estimate of drug-likeness (QED) is 0.541. The number of carbonyl (C=O) groups excluding carboxylic acids is 1. The van der Waals surface area contributed by atoms with Crippen molar-refractivity contribution in [3.63, 3.8) is 0 Å². The zero-order valence-corrected chi connectivity index (χ0v) is 16.4. The summed E-state index contributed by atoms with van der Waals surface area (Å²) in [7, 11) is 1.66. The highest BCUT2D eigenvalue weighted by molar-refractivity contribution is 5.75. The van der Waals surface area contributed by atoms with Gasteiger partial charge in [0.1, 0.15) is 0 Å². The monoisotopic (exact) mass is 348 g/mol. The fourth-order valence-electron chi connectivity index (χ4n) is 5.06. The Labute approximate surface area is 153 Å². The summed E-state index contributed by atoms with van der Waals surface area (Å²) in [5.41, 5.74) is 2.25. The van der Waals surface area contributed by atoms with Gasteiger partial charge >= 0.3 is 0 Å². The third kappa shape index (κ3) is 4.46. The molecule has 0 unspecified atom stereocenters. The van der Waals surface area contributed by atoms with E-state index in [9.17, 15) is 4.79 Å². The number of nitrogens with one attached hydrogen (secondary N) is 1. The predicted molar refractivity (Wildman–Crippen MR) is 101 cm³/mol. The van der Waals surface area contributed by atoms with Gasteiger partial charge in [-0.25, -0.2) is 0 Å².